The van der Waals surface area contributed by atoms with Gasteiger partial charge in [-0.1, -0.05) is 23.7 Å². The highest BCUT2D eigenvalue weighted by molar-refractivity contribution is 6.29. The average molecular weight is 927 g/mol. The molecular weight excluding hydrogens is 880 g/mol. The minimum absolute atomic E-state index is 0.264. The van der Waals surface area contributed by atoms with Crippen LogP contribution >= 0.6 is 11.6 Å². The van der Waals surface area contributed by atoms with Crippen molar-refractivity contribution in [2.24, 2.45) is 0 Å². The van der Waals surface area contributed by atoms with Gasteiger partial charge in [0, 0.05) is 56.1 Å². The third-order valence-electron chi connectivity index (χ3n) is 9.24. The van der Waals surface area contributed by atoms with Crippen molar-refractivity contribution < 1.29 is 19.1 Å². The molecule has 23 heteroatoms. The highest BCUT2D eigenvalue weighted by Crippen LogP contribution is 2.38. The Balaban J connectivity index is 0.000000191. The fraction of sp³-hybridized carbons (Fsp3) is 0.182. The van der Waals surface area contributed by atoms with Crippen molar-refractivity contribution in [3.8, 4) is 34.3 Å². The van der Waals surface area contributed by atoms with Gasteiger partial charge in [0.25, 0.3) is 11.8 Å². The molecule has 22 nitrogen and oxygen atoms in total. The Bertz CT molecular complexity index is 2900. The van der Waals surface area contributed by atoms with E-state index < -0.39 is 0 Å². The van der Waals surface area contributed by atoms with Gasteiger partial charge < -0.3 is 41.8 Å². The Morgan fingerprint density at radius 1 is 0.597 bits per heavy atom. The fourth-order valence-corrected chi connectivity index (χ4v) is 6.65. The number of aromatic nitrogens is 12. The summed E-state index contributed by atoms with van der Waals surface area (Å²) in [6.07, 6.45) is 5.75. The zero-order valence-electron chi connectivity index (χ0n) is 37.6. The lowest BCUT2D eigenvalue weighted by atomic mass is 10.1. The molecule has 0 atom stereocenters. The number of hydrogen-bond donors (Lipinski definition) is 8. The Kier molecular flexibility index (Phi) is 15.8. The Labute approximate surface area is 389 Å². The summed E-state index contributed by atoms with van der Waals surface area (Å²) in [5, 5.41) is 28.5. The second-order valence-corrected chi connectivity index (χ2v) is 14.5. The maximum Gasteiger partial charge on any atom is 0.254 e. The molecule has 8 rings (SSSR count). The van der Waals surface area contributed by atoms with Crippen molar-refractivity contribution in [3.05, 3.63) is 125 Å². The predicted octanol–water partition coefficient (Wildman–Crippen LogP) is 6.44. The van der Waals surface area contributed by atoms with Crippen LogP contribution in [0.4, 0.5) is 40.2 Å². The number of rotatable bonds is 12. The van der Waals surface area contributed by atoms with Crippen molar-refractivity contribution in [2.45, 2.75) is 27.7 Å². The number of halogens is 1. The molecular formula is C44H47ClN18O4. The number of methoxy groups -OCH3 is 2. The lowest BCUT2D eigenvalue weighted by Crippen LogP contribution is -2.19. The highest BCUT2D eigenvalue weighted by atomic mass is 35.5. The number of nitrogens with one attached hydrogen (secondary N) is 7. The van der Waals surface area contributed by atoms with Crippen molar-refractivity contribution in [1.29, 1.82) is 0 Å². The molecule has 0 aliphatic carbocycles. The van der Waals surface area contributed by atoms with Crippen LogP contribution in [0.15, 0.2) is 85.7 Å². The first kappa shape index (κ1) is 47.7. The second kappa shape index (κ2) is 22.2. The minimum Gasteiger partial charge on any atom is -0.494 e. The van der Waals surface area contributed by atoms with Crippen molar-refractivity contribution in [1.82, 2.24) is 70.9 Å². The van der Waals surface area contributed by atoms with E-state index >= 15 is 0 Å². The lowest BCUT2D eigenvalue weighted by Gasteiger charge is -2.17. The van der Waals surface area contributed by atoms with Gasteiger partial charge in [0.05, 0.1) is 59.2 Å². The summed E-state index contributed by atoms with van der Waals surface area (Å²) in [5.74, 6) is 4.70. The number of benzene rings is 2. The van der Waals surface area contributed by atoms with Gasteiger partial charge in [-0.25, -0.2) is 39.9 Å². The molecule has 344 valence electrons. The van der Waals surface area contributed by atoms with Crippen LogP contribution < -0.4 is 41.8 Å². The number of anilines is 7. The minimum atomic E-state index is -0.282. The second-order valence-electron chi connectivity index (χ2n) is 14.1. The van der Waals surface area contributed by atoms with Gasteiger partial charge in [-0.2, -0.15) is 10.2 Å². The number of nitrogen functional groups attached to an aromatic ring is 1. The molecule has 0 radical (unpaired) electrons. The molecule has 8 aromatic rings. The summed E-state index contributed by atoms with van der Waals surface area (Å²) >= 11 is 5.98. The van der Waals surface area contributed by atoms with E-state index in [1.54, 1.807) is 46.5 Å². The van der Waals surface area contributed by atoms with E-state index in [9.17, 15) is 9.59 Å². The Hall–Kier alpha value is -8.79. The number of hydrogen-bond acceptors (Lipinski definition) is 18. The van der Waals surface area contributed by atoms with Gasteiger partial charge in [0.2, 0.25) is 0 Å². The molecule has 0 aliphatic heterocycles. The van der Waals surface area contributed by atoms with Crippen LogP contribution in [0.25, 0.3) is 22.8 Å². The molecule has 2 aromatic carbocycles. The van der Waals surface area contributed by atoms with Gasteiger partial charge in [-0.3, -0.25) is 19.8 Å². The predicted molar refractivity (Wildman–Crippen MR) is 254 cm³/mol. The van der Waals surface area contributed by atoms with Crippen LogP contribution in [-0.2, 0) is 0 Å². The highest BCUT2D eigenvalue weighted by Gasteiger charge is 2.19. The summed E-state index contributed by atoms with van der Waals surface area (Å²) in [7, 11) is 6.24. The smallest absolute Gasteiger partial charge is 0.254 e. The topological polar surface area (TPSA) is 299 Å². The molecule has 0 aliphatic rings. The Morgan fingerprint density at radius 2 is 1.10 bits per heavy atom. The van der Waals surface area contributed by atoms with Gasteiger partial charge in [-0.15, -0.1) is 0 Å². The number of para-hydroxylation sites is 2. The van der Waals surface area contributed by atoms with Gasteiger partial charge in [0.1, 0.15) is 46.9 Å². The number of nitrogens with zero attached hydrogens (tertiary/aromatic N) is 10. The molecule has 0 spiro atoms. The third-order valence-corrected chi connectivity index (χ3v) is 9.45. The summed E-state index contributed by atoms with van der Waals surface area (Å²) in [6.45, 7) is 7.43. The average Bonchev–Trinajstić information content (AvgIpc) is 4.05. The van der Waals surface area contributed by atoms with Gasteiger partial charge >= 0.3 is 0 Å². The first-order chi connectivity index (χ1) is 32.3. The van der Waals surface area contributed by atoms with Crippen molar-refractivity contribution in [3.63, 3.8) is 0 Å². The van der Waals surface area contributed by atoms with E-state index in [1.165, 1.54) is 25.0 Å². The number of aryl methyl sites for hydroxylation is 4. The number of amides is 2. The molecule has 67 heavy (non-hydrogen) atoms. The first-order valence-corrected chi connectivity index (χ1v) is 20.5. The monoisotopic (exact) mass is 926 g/mol. The summed E-state index contributed by atoms with van der Waals surface area (Å²) in [5.41, 5.74) is 11.7. The van der Waals surface area contributed by atoms with E-state index in [2.05, 4.69) is 86.9 Å². The SMILES string of the molecule is CNC(=O)c1cnc(Cl)cc1Nc1cccc(-c2ncn[nH]2)c1OC.CNC(=O)c1cnc(Nc2cc(C)nc(C)n2)cc1Nc1cccc(-c2ncn[nH]2)c1OC.Cc1cc(N)nc(C)n1. The summed E-state index contributed by atoms with van der Waals surface area (Å²) in [6, 6.07) is 17.9. The molecule has 6 heterocycles. The van der Waals surface area contributed by atoms with Crippen LogP contribution in [0.1, 0.15) is 43.8 Å². The van der Waals surface area contributed by atoms with Crippen LogP contribution in [0.2, 0.25) is 5.15 Å². The lowest BCUT2D eigenvalue weighted by molar-refractivity contribution is 0.0955. The summed E-state index contributed by atoms with van der Waals surface area (Å²) < 4.78 is 11.2. The standard InChI is InChI=1S/C22H23N9O2.C16H15ClN6O2.C6H9N3/c1-12-8-19(28-13(2)27-12)30-18-9-17(15(10-24-18)22(32)23-3)29-16-7-5-6-14(20(16)33-4)21-25-11-26-31-21;1-18-16(24)10-7-19-13(17)6-12(10)22-11-5-3-4-9(14(11)25-2)15-20-8-21-23-15;1-4-3-6(7)9-5(2)8-4/h5-11H,1-4H3,(H,23,32)(H,25,26,31)(H2,24,27,28,29,30);3-8H,1-2H3,(H,18,24)(H,19,22)(H,20,21,23);3H,1-2H3,(H2,7,8,9). The number of carbonyl (C=O) groups excluding carboxylic acids is 2. The fourth-order valence-electron chi connectivity index (χ4n) is 6.49. The number of ether oxygens (including phenoxy) is 2. The molecule has 0 bridgehead atoms. The van der Waals surface area contributed by atoms with Crippen LogP contribution in [0, 0.1) is 27.7 Å². The molecule has 9 N–H and O–H groups in total. The number of nitrogens with two attached hydrogens (primary N) is 1. The van der Waals surface area contributed by atoms with E-state index in [0.29, 0.717) is 80.3 Å². The summed E-state index contributed by atoms with van der Waals surface area (Å²) in [4.78, 5) is 57.9. The molecule has 2 amide bonds. The van der Waals surface area contributed by atoms with E-state index in [0.717, 1.165) is 28.3 Å². The number of aromatic amines is 2. The zero-order valence-corrected chi connectivity index (χ0v) is 38.4. The maximum atomic E-state index is 12.5. The maximum absolute atomic E-state index is 12.5. The van der Waals surface area contributed by atoms with E-state index in [-0.39, 0.29) is 17.0 Å². The van der Waals surface area contributed by atoms with Crippen molar-refractivity contribution >= 4 is 63.6 Å². The quantitative estimate of drug-likeness (QED) is 0.0612. The molecule has 0 fully saturated rings. The van der Waals surface area contributed by atoms with Crippen molar-refractivity contribution in [2.75, 3.05) is 50.0 Å². The molecule has 6 aromatic heterocycles. The van der Waals surface area contributed by atoms with Crippen LogP contribution in [0.5, 0.6) is 11.5 Å². The van der Waals surface area contributed by atoms with Crippen LogP contribution in [-0.4, -0.2) is 100 Å². The number of pyridine rings is 2. The number of carbonyl (C=O) groups is 2. The van der Waals surface area contributed by atoms with Gasteiger partial charge in [-0.05, 0) is 58.0 Å². The molecule has 0 unspecified atom stereocenters. The molecule has 0 saturated heterocycles. The Morgan fingerprint density at radius 3 is 1.57 bits per heavy atom. The number of H-pyrrole nitrogens is 2. The van der Waals surface area contributed by atoms with Crippen LogP contribution in [0.3, 0.4) is 0 Å². The van der Waals surface area contributed by atoms with Gasteiger partial charge in [0.15, 0.2) is 23.1 Å². The largest absolute Gasteiger partial charge is 0.494 e. The third kappa shape index (κ3) is 12.3. The zero-order chi connectivity index (χ0) is 48.0. The molecule has 0 saturated carbocycles. The van der Waals surface area contributed by atoms with E-state index in [1.807, 2.05) is 70.2 Å². The first-order valence-electron chi connectivity index (χ1n) is 20.2. The van der Waals surface area contributed by atoms with E-state index in [4.69, 9.17) is 26.8 Å². The normalized spacial score (nSPS) is 10.3.